The van der Waals surface area contributed by atoms with Crippen molar-refractivity contribution in [3.8, 4) is 0 Å². The van der Waals surface area contributed by atoms with Crippen molar-refractivity contribution in [2.45, 2.75) is 71.1 Å². The van der Waals surface area contributed by atoms with E-state index in [1.807, 2.05) is 31.2 Å². The van der Waals surface area contributed by atoms with E-state index in [9.17, 15) is 0 Å². The maximum atomic E-state index is 8.50. The minimum Gasteiger partial charge on any atom is -0.810 e. The number of aryl methyl sites for hydroxylation is 1. The Kier molecular flexibility index (Phi) is 20.1. The van der Waals surface area contributed by atoms with Crippen molar-refractivity contribution in [1.29, 1.82) is 0 Å². The Morgan fingerprint density at radius 3 is 1.30 bits per heavy atom. The van der Waals surface area contributed by atoms with Crippen molar-refractivity contribution in [2.24, 2.45) is 0 Å². The van der Waals surface area contributed by atoms with Crippen LogP contribution in [-0.4, -0.2) is 12.3 Å². The summed E-state index contributed by atoms with van der Waals surface area (Å²) in [5.74, 6) is 0. The van der Waals surface area contributed by atoms with Gasteiger partial charge in [0.1, 0.15) is 0 Å². The predicted molar refractivity (Wildman–Crippen MR) is 94.9 cm³/mol. The number of carbonyl (C=O) groups excluding carboxylic acids is 1. The van der Waals surface area contributed by atoms with Crippen LogP contribution in [0.2, 0.25) is 0 Å². The molecule has 0 spiro atoms. The van der Waals surface area contributed by atoms with E-state index in [1.165, 1.54) is 69.8 Å². The second kappa shape index (κ2) is 19.0. The van der Waals surface area contributed by atoms with Crippen LogP contribution >= 0.6 is 0 Å². The molecule has 0 amide bonds. The van der Waals surface area contributed by atoms with Crippen molar-refractivity contribution in [1.82, 2.24) is 0 Å². The number of nitrogens with zero attached hydrogens (tertiary/aromatic N) is 2. The Morgan fingerprint density at radius 1 is 0.826 bits per heavy atom. The minimum absolute atomic E-state index is 0. The first-order chi connectivity index (χ1) is 10.7. The second-order valence-corrected chi connectivity index (χ2v) is 5.67. The summed E-state index contributed by atoms with van der Waals surface area (Å²) in [7, 11) is 0. The van der Waals surface area contributed by atoms with Crippen LogP contribution in [0.25, 0.3) is 10.8 Å². The molecule has 122 valence electrons. The van der Waals surface area contributed by atoms with E-state index in [-0.39, 0.29) is 21.7 Å². The molecule has 0 unspecified atom stereocenters. The summed E-state index contributed by atoms with van der Waals surface area (Å²) in [4.78, 5) is 8.24. The Bertz CT molecular complexity index is 379. The molecule has 0 saturated heterocycles. The van der Waals surface area contributed by atoms with Crippen molar-refractivity contribution in [2.75, 3.05) is 0 Å². The topological polar surface area (TPSA) is 61.7 Å². The summed E-state index contributed by atoms with van der Waals surface area (Å²) >= 11 is 0. The van der Waals surface area contributed by atoms with Crippen LogP contribution in [0.4, 0.5) is 0 Å². The fourth-order valence-electron chi connectivity index (χ4n) is 2.42. The van der Waals surface area contributed by atoms with E-state index in [0.29, 0.717) is 6.08 Å². The van der Waals surface area contributed by atoms with E-state index < -0.39 is 0 Å². The quantitative estimate of drug-likeness (QED) is 0.361. The monoisotopic (exact) mass is 348 g/mol. The van der Waals surface area contributed by atoms with Gasteiger partial charge in [-0.25, -0.2) is 0 Å². The van der Waals surface area contributed by atoms with Gasteiger partial charge in [0.15, 0.2) is 0 Å². The van der Waals surface area contributed by atoms with Gasteiger partial charge >= 0.3 is 21.7 Å². The largest absolute Gasteiger partial charge is 4.00 e. The maximum Gasteiger partial charge on any atom is 4.00 e. The van der Waals surface area contributed by atoms with E-state index in [1.54, 1.807) is 0 Å². The average molecular weight is 348 g/mol. The molecule has 0 aromatic heterocycles. The van der Waals surface area contributed by atoms with Crippen LogP contribution in [0, 0.1) is 6.92 Å². The molecule has 1 aromatic rings. The van der Waals surface area contributed by atoms with E-state index in [2.05, 4.69) is 0 Å². The Morgan fingerprint density at radius 2 is 1.09 bits per heavy atom. The number of hydrogen-bond donors (Lipinski definition) is 0. The van der Waals surface area contributed by atoms with Gasteiger partial charge in [-0.3, -0.25) is 4.79 Å². The molecular weight excluding hydrogens is 320 g/mol. The van der Waals surface area contributed by atoms with Gasteiger partial charge < -0.3 is 10.8 Å². The number of rotatable bonds is 1. The van der Waals surface area contributed by atoms with Gasteiger partial charge in [0.2, 0.25) is 0 Å². The van der Waals surface area contributed by atoms with E-state index >= 15 is 0 Å². The molecule has 2 aliphatic carbocycles. The molecule has 2 saturated carbocycles. The number of benzene rings is 1. The van der Waals surface area contributed by atoms with Crippen LogP contribution in [0.1, 0.15) is 75.3 Å². The van der Waals surface area contributed by atoms with E-state index in [4.69, 9.17) is 15.6 Å². The molecule has 4 heteroatoms. The number of hydrogen-bond acceptors (Lipinski definition) is 1. The Balaban J connectivity index is 0. The zero-order valence-corrected chi connectivity index (χ0v) is 15.8. The van der Waals surface area contributed by atoms with Gasteiger partial charge in [-0.1, -0.05) is 94.0 Å². The zero-order chi connectivity index (χ0) is 16.5. The smallest absolute Gasteiger partial charge is 0.810 e. The minimum atomic E-state index is 0. The maximum absolute atomic E-state index is 8.50. The first-order valence-corrected chi connectivity index (χ1v) is 8.30. The van der Waals surface area contributed by atoms with Crippen LogP contribution in [-0.2, 0) is 26.5 Å². The molecule has 0 atom stereocenters. The molecular formula is C19H28N2OTi+2. The van der Waals surface area contributed by atoms with Gasteiger partial charge in [-0.2, -0.15) is 6.21 Å². The zero-order valence-electron chi connectivity index (χ0n) is 14.3. The molecule has 2 aliphatic rings. The molecule has 3 rings (SSSR count). The summed E-state index contributed by atoms with van der Waals surface area (Å²) in [5.41, 5.74) is 2.06. The molecule has 3 nitrogen and oxygen atoms in total. The van der Waals surface area contributed by atoms with Crippen LogP contribution in [0.15, 0.2) is 24.3 Å². The fraction of sp³-hybridized carbons (Fsp3) is 0.579. The summed E-state index contributed by atoms with van der Waals surface area (Å²) in [5, 5.41) is 15.3. The second-order valence-electron chi connectivity index (χ2n) is 5.67. The normalized spacial score (nSPS) is 14.3. The third kappa shape index (κ3) is 17.2. The summed E-state index contributed by atoms with van der Waals surface area (Å²) in [6, 6.07) is 7.66. The van der Waals surface area contributed by atoms with Gasteiger partial charge in [-0.05, 0) is 18.6 Å². The SMILES string of the molecule is C1CCCC1.C1CCCC1.Cc1ccc(C=[N-])cc1.[N-]=C=O.[Ti+4]. The summed E-state index contributed by atoms with van der Waals surface area (Å²) in [6.07, 6.45) is 16.6. The standard InChI is InChI=1S/C8H8N.2C5H10.CNO.Ti/c1-7-2-4-8(6-9)5-3-7;2*1-2-4-5-3-1;2-1-3;/h2-6H,1H3;2*1-5H2;;/q-1;;;-1;+4. The molecule has 2 fully saturated rings. The Hall–Kier alpha value is -1.02. The first kappa shape index (κ1) is 24.2. The molecule has 0 heterocycles. The summed E-state index contributed by atoms with van der Waals surface area (Å²) in [6.45, 7) is 2.02. The fourth-order valence-corrected chi connectivity index (χ4v) is 2.42. The third-order valence-electron chi connectivity index (χ3n) is 3.73. The van der Waals surface area contributed by atoms with Crippen molar-refractivity contribution >= 4 is 12.3 Å². The van der Waals surface area contributed by atoms with Crippen molar-refractivity contribution in [3.05, 3.63) is 46.2 Å². The van der Waals surface area contributed by atoms with Crippen molar-refractivity contribution < 1.29 is 26.5 Å². The molecule has 0 radical (unpaired) electrons. The summed E-state index contributed by atoms with van der Waals surface area (Å²) < 4.78 is 0. The van der Waals surface area contributed by atoms with E-state index in [0.717, 1.165) is 11.8 Å². The molecule has 0 bridgehead atoms. The van der Waals surface area contributed by atoms with Crippen LogP contribution < -0.4 is 0 Å². The third-order valence-corrected chi connectivity index (χ3v) is 3.73. The van der Waals surface area contributed by atoms with Gasteiger partial charge in [0.25, 0.3) is 0 Å². The van der Waals surface area contributed by atoms with Crippen molar-refractivity contribution in [3.63, 3.8) is 0 Å². The van der Waals surface area contributed by atoms with Gasteiger partial charge in [-0.15, -0.1) is 0 Å². The number of isocyanates is 1. The van der Waals surface area contributed by atoms with Gasteiger partial charge in [0.05, 0.1) is 0 Å². The van der Waals surface area contributed by atoms with Gasteiger partial charge in [0, 0.05) is 0 Å². The predicted octanol–water partition coefficient (Wildman–Crippen LogP) is 5.77. The molecule has 0 N–H and O–H groups in total. The molecule has 1 aromatic carbocycles. The average Bonchev–Trinajstić information content (AvgIpc) is 3.27. The molecule has 23 heavy (non-hydrogen) atoms. The Labute approximate surface area is 156 Å². The van der Waals surface area contributed by atoms with Crippen LogP contribution in [0.5, 0.6) is 0 Å². The molecule has 0 aliphatic heterocycles. The first-order valence-electron chi connectivity index (χ1n) is 8.30. The van der Waals surface area contributed by atoms with Crippen LogP contribution in [0.3, 0.4) is 0 Å².